The highest BCUT2D eigenvalue weighted by molar-refractivity contribution is 6.06. The van der Waals surface area contributed by atoms with Crippen LogP contribution < -0.4 is 24.8 Å². The fraction of sp³-hybridized carbons (Fsp3) is 0.280. The topological polar surface area (TPSA) is 106 Å². The minimum atomic E-state index is -1.13. The molecule has 0 spiro atoms. The van der Waals surface area contributed by atoms with Gasteiger partial charge in [0.25, 0.3) is 0 Å². The van der Waals surface area contributed by atoms with Gasteiger partial charge in [-0.15, -0.1) is 6.42 Å². The fourth-order valence-corrected chi connectivity index (χ4v) is 3.44. The molecule has 1 aliphatic rings. The van der Waals surface area contributed by atoms with Crippen LogP contribution in [-0.4, -0.2) is 49.9 Å². The van der Waals surface area contributed by atoms with Gasteiger partial charge in [0.2, 0.25) is 11.7 Å². The first-order valence-electron chi connectivity index (χ1n) is 10.5. The molecule has 8 heteroatoms. The van der Waals surface area contributed by atoms with Crippen molar-refractivity contribution < 1.29 is 28.9 Å². The minimum Gasteiger partial charge on any atom is -0.490 e. The number of hydrogen-bond donors (Lipinski definition) is 3. The molecule has 3 rings (SSSR count). The van der Waals surface area contributed by atoms with Gasteiger partial charge in [0.05, 0.1) is 18.4 Å². The van der Waals surface area contributed by atoms with Crippen LogP contribution in [0.3, 0.4) is 0 Å². The average Bonchev–Trinajstić information content (AvgIpc) is 2.82. The van der Waals surface area contributed by atoms with Crippen LogP contribution in [0.15, 0.2) is 42.5 Å². The molecule has 0 bridgehead atoms. The van der Waals surface area contributed by atoms with E-state index in [0.717, 1.165) is 25.9 Å². The highest BCUT2D eigenvalue weighted by atomic mass is 16.5. The molecule has 0 aromatic heterocycles. The number of ether oxygens (including phenoxy) is 3. The number of aromatic carboxylic acids is 1. The van der Waals surface area contributed by atoms with Gasteiger partial charge in [0.1, 0.15) is 12.7 Å². The van der Waals surface area contributed by atoms with Gasteiger partial charge in [-0.2, -0.15) is 0 Å². The van der Waals surface area contributed by atoms with Gasteiger partial charge in [-0.3, -0.25) is 4.79 Å². The van der Waals surface area contributed by atoms with Crippen molar-refractivity contribution in [2.45, 2.75) is 18.9 Å². The van der Waals surface area contributed by atoms with Crippen LogP contribution in [-0.2, 0) is 4.79 Å². The number of para-hydroxylation sites is 1. The maximum absolute atomic E-state index is 12.5. The van der Waals surface area contributed by atoms with Crippen LogP contribution in [0, 0.1) is 12.3 Å². The summed E-state index contributed by atoms with van der Waals surface area (Å²) in [5, 5.41) is 15.2. The zero-order chi connectivity index (χ0) is 23.6. The Morgan fingerprint density at radius 2 is 1.97 bits per heavy atom. The molecule has 1 fully saturated rings. The minimum absolute atomic E-state index is 0.00543. The number of methoxy groups -OCH3 is 1. The molecule has 8 nitrogen and oxygen atoms in total. The van der Waals surface area contributed by atoms with Crippen molar-refractivity contribution in [1.82, 2.24) is 5.32 Å². The second-order valence-electron chi connectivity index (χ2n) is 7.25. The smallest absolute Gasteiger partial charge is 0.337 e. The van der Waals surface area contributed by atoms with Gasteiger partial charge < -0.3 is 30.0 Å². The van der Waals surface area contributed by atoms with Crippen molar-refractivity contribution in [3.8, 4) is 29.6 Å². The number of hydrogen-bond acceptors (Lipinski definition) is 6. The highest BCUT2D eigenvalue weighted by Crippen LogP contribution is 2.41. The number of benzene rings is 2. The predicted molar refractivity (Wildman–Crippen MR) is 125 cm³/mol. The molecule has 1 aliphatic heterocycles. The third-order valence-electron chi connectivity index (χ3n) is 5.02. The van der Waals surface area contributed by atoms with E-state index in [0.29, 0.717) is 22.8 Å². The molecule has 0 unspecified atom stereocenters. The summed E-state index contributed by atoms with van der Waals surface area (Å²) in [6.45, 7) is 1.76. The van der Waals surface area contributed by atoms with Crippen molar-refractivity contribution in [2.75, 3.05) is 32.1 Å². The van der Waals surface area contributed by atoms with Gasteiger partial charge in [-0.05, 0) is 56.3 Å². The first-order chi connectivity index (χ1) is 16.0. The Hall–Kier alpha value is -3.96. The van der Waals surface area contributed by atoms with Gasteiger partial charge in [0, 0.05) is 11.6 Å². The second kappa shape index (κ2) is 11.6. The lowest BCUT2D eigenvalue weighted by Gasteiger charge is -2.26. The van der Waals surface area contributed by atoms with Crippen LogP contribution in [0.2, 0.25) is 0 Å². The summed E-state index contributed by atoms with van der Waals surface area (Å²) < 4.78 is 17.4. The number of carboxylic acids is 1. The van der Waals surface area contributed by atoms with E-state index >= 15 is 0 Å². The maximum Gasteiger partial charge on any atom is 0.337 e. The lowest BCUT2D eigenvalue weighted by atomic mass is 10.1. The van der Waals surface area contributed by atoms with Crippen LogP contribution in [0.4, 0.5) is 5.69 Å². The molecular formula is C25H26N2O6. The van der Waals surface area contributed by atoms with Crippen molar-refractivity contribution >= 4 is 23.6 Å². The van der Waals surface area contributed by atoms with Crippen LogP contribution in [0.1, 0.15) is 28.8 Å². The number of piperidine rings is 1. The molecule has 172 valence electrons. The zero-order valence-corrected chi connectivity index (χ0v) is 18.3. The van der Waals surface area contributed by atoms with E-state index < -0.39 is 11.9 Å². The number of carbonyl (C=O) groups excluding carboxylic acids is 1. The van der Waals surface area contributed by atoms with Crippen molar-refractivity contribution in [1.29, 1.82) is 0 Å². The third kappa shape index (κ3) is 6.28. The first-order valence-corrected chi connectivity index (χ1v) is 10.5. The Labute approximate surface area is 192 Å². The molecule has 2 aromatic carbocycles. The summed E-state index contributed by atoms with van der Waals surface area (Å²) in [6, 6.07) is 9.64. The molecule has 0 saturated carbocycles. The molecule has 1 heterocycles. The zero-order valence-electron chi connectivity index (χ0n) is 18.3. The first kappa shape index (κ1) is 23.7. The average molecular weight is 450 g/mol. The number of rotatable bonds is 9. The van der Waals surface area contributed by atoms with Gasteiger partial charge in [-0.25, -0.2) is 4.79 Å². The van der Waals surface area contributed by atoms with E-state index in [2.05, 4.69) is 16.6 Å². The SMILES string of the molecule is C#CCOc1ccc(/C=C/C(=O)Nc2ccccc2C(=O)O)c(OC2CCNCC2)c1OC. The molecule has 0 radical (unpaired) electrons. The summed E-state index contributed by atoms with van der Waals surface area (Å²) in [7, 11) is 1.51. The Balaban J connectivity index is 1.87. The van der Waals surface area contributed by atoms with Gasteiger partial charge >= 0.3 is 5.97 Å². The molecule has 1 amide bonds. The number of terminal acetylenes is 1. The number of carbonyl (C=O) groups is 2. The van der Waals surface area contributed by atoms with E-state index in [1.807, 2.05) is 0 Å². The fourth-order valence-electron chi connectivity index (χ4n) is 3.44. The summed E-state index contributed by atoms with van der Waals surface area (Å²) >= 11 is 0. The van der Waals surface area contributed by atoms with Crippen LogP contribution in [0.25, 0.3) is 6.08 Å². The molecule has 3 N–H and O–H groups in total. The highest BCUT2D eigenvalue weighted by Gasteiger charge is 2.22. The molecule has 2 aromatic rings. The monoisotopic (exact) mass is 450 g/mol. The summed E-state index contributed by atoms with van der Waals surface area (Å²) in [4.78, 5) is 23.9. The number of anilines is 1. The van der Waals surface area contributed by atoms with E-state index in [1.54, 1.807) is 30.3 Å². The van der Waals surface area contributed by atoms with E-state index in [9.17, 15) is 14.7 Å². The molecule has 0 atom stereocenters. The quantitative estimate of drug-likeness (QED) is 0.398. The summed E-state index contributed by atoms with van der Waals surface area (Å²) in [5.41, 5.74) is 0.826. The largest absolute Gasteiger partial charge is 0.490 e. The van der Waals surface area contributed by atoms with E-state index in [-0.39, 0.29) is 24.0 Å². The van der Waals surface area contributed by atoms with Gasteiger partial charge in [0.15, 0.2) is 11.5 Å². The van der Waals surface area contributed by atoms with Crippen LogP contribution >= 0.6 is 0 Å². The lowest BCUT2D eigenvalue weighted by molar-refractivity contribution is -0.111. The summed E-state index contributed by atoms with van der Waals surface area (Å²) in [5.74, 6) is 2.10. The Kier molecular flexibility index (Phi) is 8.33. The summed E-state index contributed by atoms with van der Waals surface area (Å²) in [6.07, 6.45) is 9.84. The van der Waals surface area contributed by atoms with Gasteiger partial charge in [-0.1, -0.05) is 18.1 Å². The normalized spacial score (nSPS) is 13.8. The standard InChI is InChI=1S/C25H26N2O6/c1-3-16-32-21-10-8-17(23(24(21)31-2)33-18-12-14-26-15-13-18)9-11-22(28)27-20-7-5-4-6-19(20)25(29)30/h1,4-11,18,26H,12-16H2,2H3,(H,27,28)(H,29,30)/b11-9+. The van der Waals surface area contributed by atoms with Crippen molar-refractivity contribution in [3.05, 3.63) is 53.6 Å². The number of carboxylic acid groups (broad SMARTS) is 1. The Bertz CT molecular complexity index is 1070. The van der Waals surface area contributed by atoms with E-state index in [1.165, 1.54) is 25.3 Å². The maximum atomic E-state index is 12.5. The number of nitrogens with one attached hydrogen (secondary N) is 2. The second-order valence-corrected chi connectivity index (χ2v) is 7.25. The number of amides is 1. The third-order valence-corrected chi connectivity index (χ3v) is 5.02. The Morgan fingerprint density at radius 1 is 1.21 bits per heavy atom. The molecule has 33 heavy (non-hydrogen) atoms. The van der Waals surface area contributed by atoms with Crippen molar-refractivity contribution in [3.63, 3.8) is 0 Å². The molecular weight excluding hydrogens is 424 g/mol. The van der Waals surface area contributed by atoms with E-state index in [4.69, 9.17) is 20.6 Å². The lowest BCUT2D eigenvalue weighted by Crippen LogP contribution is -2.34. The van der Waals surface area contributed by atoms with Crippen LogP contribution in [0.5, 0.6) is 17.2 Å². The molecule has 0 aliphatic carbocycles. The molecule has 1 saturated heterocycles. The van der Waals surface area contributed by atoms with Crippen molar-refractivity contribution in [2.24, 2.45) is 0 Å². The predicted octanol–water partition coefficient (Wildman–Crippen LogP) is 3.19. The Morgan fingerprint density at radius 3 is 2.67 bits per heavy atom.